The predicted octanol–water partition coefficient (Wildman–Crippen LogP) is 2.25. The van der Waals surface area contributed by atoms with Gasteiger partial charge in [0.1, 0.15) is 12.0 Å². The Morgan fingerprint density at radius 3 is 3.00 bits per heavy atom. The fourth-order valence-corrected chi connectivity index (χ4v) is 1.85. The van der Waals surface area contributed by atoms with E-state index in [1.54, 1.807) is 18.3 Å². The van der Waals surface area contributed by atoms with Crippen molar-refractivity contribution in [3.8, 4) is 5.75 Å². The fourth-order valence-electron chi connectivity index (χ4n) is 1.12. The summed E-state index contributed by atoms with van der Waals surface area (Å²) in [6, 6.07) is 5.15. The lowest BCUT2D eigenvalue weighted by atomic mass is 10.2. The molecule has 0 unspecified atom stereocenters. The number of nitrogen functional groups attached to an aromatic ring is 1. The lowest BCUT2D eigenvalue weighted by molar-refractivity contribution is 0.454. The Labute approximate surface area is 91.1 Å². The third kappa shape index (κ3) is 2.44. The minimum Gasteiger partial charge on any atom is -0.506 e. The van der Waals surface area contributed by atoms with Gasteiger partial charge in [-0.25, -0.2) is 4.98 Å². The molecule has 2 rings (SSSR count). The van der Waals surface area contributed by atoms with Crippen LogP contribution >= 0.6 is 11.8 Å². The molecule has 0 atom stereocenters. The van der Waals surface area contributed by atoms with Gasteiger partial charge < -0.3 is 15.3 Å². The summed E-state index contributed by atoms with van der Waals surface area (Å²) in [6.07, 6.45) is 3.14. The van der Waals surface area contributed by atoms with Gasteiger partial charge in [-0.2, -0.15) is 0 Å². The molecular weight excluding hydrogens is 212 g/mol. The van der Waals surface area contributed by atoms with E-state index in [4.69, 9.17) is 10.2 Å². The lowest BCUT2D eigenvalue weighted by Crippen LogP contribution is -1.88. The van der Waals surface area contributed by atoms with Crippen molar-refractivity contribution in [2.45, 2.75) is 11.0 Å². The van der Waals surface area contributed by atoms with Crippen molar-refractivity contribution >= 4 is 17.4 Å². The normalized spacial score (nSPS) is 10.4. The molecule has 3 N–H and O–H groups in total. The molecule has 0 aliphatic rings. The van der Waals surface area contributed by atoms with E-state index in [9.17, 15) is 5.11 Å². The van der Waals surface area contributed by atoms with Crippen LogP contribution in [0.5, 0.6) is 5.75 Å². The molecule has 0 fully saturated rings. The van der Waals surface area contributed by atoms with Gasteiger partial charge in [0, 0.05) is 5.75 Å². The van der Waals surface area contributed by atoms with E-state index in [1.807, 2.05) is 6.07 Å². The van der Waals surface area contributed by atoms with Crippen LogP contribution in [0.15, 0.2) is 40.3 Å². The number of anilines is 1. The number of benzene rings is 1. The van der Waals surface area contributed by atoms with Crippen LogP contribution in [0.25, 0.3) is 0 Å². The van der Waals surface area contributed by atoms with Crippen LogP contribution in [0.3, 0.4) is 0 Å². The molecule has 78 valence electrons. The summed E-state index contributed by atoms with van der Waals surface area (Å²) in [5.74, 6) is 0.824. The highest BCUT2D eigenvalue weighted by atomic mass is 32.2. The van der Waals surface area contributed by atoms with Crippen LogP contribution in [-0.4, -0.2) is 10.1 Å². The van der Waals surface area contributed by atoms with E-state index < -0.39 is 0 Å². The number of hydrogen-bond donors (Lipinski definition) is 2. The van der Waals surface area contributed by atoms with E-state index in [0.29, 0.717) is 16.7 Å². The van der Waals surface area contributed by atoms with Gasteiger partial charge in [0.2, 0.25) is 0 Å². The summed E-state index contributed by atoms with van der Waals surface area (Å²) in [4.78, 5) is 3.99. The van der Waals surface area contributed by atoms with Crippen molar-refractivity contribution in [3.63, 3.8) is 0 Å². The van der Waals surface area contributed by atoms with Crippen LogP contribution in [-0.2, 0) is 5.75 Å². The molecular formula is C10H10N2O2S. The first kappa shape index (κ1) is 9.92. The average molecular weight is 222 g/mol. The molecule has 0 aliphatic heterocycles. The molecule has 15 heavy (non-hydrogen) atoms. The molecule has 1 heterocycles. The second-order valence-electron chi connectivity index (χ2n) is 2.98. The number of phenolic OH excluding ortho intramolecular Hbond substituents is 1. The predicted molar refractivity (Wildman–Crippen MR) is 58.6 cm³/mol. The largest absolute Gasteiger partial charge is 0.506 e. The van der Waals surface area contributed by atoms with Crippen molar-refractivity contribution < 1.29 is 9.52 Å². The van der Waals surface area contributed by atoms with Gasteiger partial charge in [-0.3, -0.25) is 0 Å². The third-order valence-electron chi connectivity index (χ3n) is 1.86. The summed E-state index contributed by atoms with van der Waals surface area (Å²) in [7, 11) is 0. The Morgan fingerprint density at radius 1 is 1.47 bits per heavy atom. The Bertz CT molecular complexity index is 443. The zero-order valence-corrected chi connectivity index (χ0v) is 8.70. The first-order chi connectivity index (χ1) is 7.25. The van der Waals surface area contributed by atoms with Crippen LogP contribution in [0.1, 0.15) is 5.56 Å². The minimum atomic E-state index is 0.111. The fraction of sp³-hybridized carbons (Fsp3) is 0.100. The van der Waals surface area contributed by atoms with Gasteiger partial charge in [-0.05, 0) is 17.7 Å². The standard InChI is InChI=1S/C10H10N2O2S/c11-8-5-7(1-2-9(8)13)6-15-10-12-3-4-14-10/h1-5,13H,6,11H2. The van der Waals surface area contributed by atoms with Gasteiger partial charge in [0.05, 0.1) is 11.9 Å². The molecule has 0 radical (unpaired) electrons. The maximum Gasteiger partial charge on any atom is 0.255 e. The summed E-state index contributed by atoms with van der Waals surface area (Å²) < 4.78 is 5.08. The molecule has 1 aromatic carbocycles. The van der Waals surface area contributed by atoms with Crippen LogP contribution in [0.2, 0.25) is 0 Å². The summed E-state index contributed by atoms with van der Waals surface area (Å²) in [5, 5.41) is 9.86. The number of nitrogens with two attached hydrogens (primary N) is 1. The zero-order chi connectivity index (χ0) is 10.7. The molecule has 0 saturated carbocycles. The summed E-state index contributed by atoms with van der Waals surface area (Å²) in [6.45, 7) is 0. The Kier molecular flexibility index (Phi) is 2.82. The van der Waals surface area contributed by atoms with Gasteiger partial charge >= 0.3 is 0 Å². The second kappa shape index (κ2) is 4.27. The number of oxazole rings is 1. The lowest BCUT2D eigenvalue weighted by Gasteiger charge is -2.02. The Morgan fingerprint density at radius 2 is 2.33 bits per heavy atom. The highest BCUT2D eigenvalue weighted by Gasteiger charge is 2.02. The third-order valence-corrected chi connectivity index (χ3v) is 2.79. The van der Waals surface area contributed by atoms with E-state index in [1.165, 1.54) is 18.0 Å². The number of hydrogen-bond acceptors (Lipinski definition) is 5. The van der Waals surface area contributed by atoms with Gasteiger partial charge in [0.25, 0.3) is 5.22 Å². The highest BCUT2D eigenvalue weighted by Crippen LogP contribution is 2.25. The number of rotatable bonds is 3. The maximum absolute atomic E-state index is 9.23. The van der Waals surface area contributed by atoms with E-state index in [2.05, 4.69) is 4.98 Å². The maximum atomic E-state index is 9.23. The highest BCUT2D eigenvalue weighted by molar-refractivity contribution is 7.98. The first-order valence-corrected chi connectivity index (χ1v) is 5.34. The van der Waals surface area contributed by atoms with Crippen LogP contribution in [0.4, 0.5) is 5.69 Å². The second-order valence-corrected chi connectivity index (χ2v) is 3.91. The van der Waals surface area contributed by atoms with Crippen LogP contribution < -0.4 is 5.73 Å². The number of nitrogens with zero attached hydrogens (tertiary/aromatic N) is 1. The van der Waals surface area contributed by atoms with Crippen molar-refractivity contribution in [3.05, 3.63) is 36.2 Å². The van der Waals surface area contributed by atoms with Crippen molar-refractivity contribution in [1.82, 2.24) is 4.98 Å². The quantitative estimate of drug-likeness (QED) is 0.473. The SMILES string of the molecule is Nc1cc(CSc2ncco2)ccc1O. The first-order valence-electron chi connectivity index (χ1n) is 4.35. The van der Waals surface area contributed by atoms with Gasteiger partial charge in [0.15, 0.2) is 0 Å². The number of thioether (sulfide) groups is 1. The minimum absolute atomic E-state index is 0.111. The number of aromatic nitrogens is 1. The molecule has 2 aromatic rings. The molecule has 0 aliphatic carbocycles. The molecule has 0 bridgehead atoms. The van der Waals surface area contributed by atoms with E-state index >= 15 is 0 Å². The molecule has 1 aromatic heterocycles. The molecule has 4 nitrogen and oxygen atoms in total. The van der Waals surface area contributed by atoms with E-state index in [0.717, 1.165) is 5.56 Å². The van der Waals surface area contributed by atoms with Crippen LogP contribution in [0, 0.1) is 0 Å². The molecule has 0 saturated heterocycles. The number of aromatic hydroxyl groups is 1. The summed E-state index contributed by atoms with van der Waals surface area (Å²) >= 11 is 1.48. The smallest absolute Gasteiger partial charge is 0.255 e. The molecule has 0 amide bonds. The van der Waals surface area contributed by atoms with Crippen molar-refractivity contribution in [2.75, 3.05) is 5.73 Å². The topological polar surface area (TPSA) is 72.3 Å². The summed E-state index contributed by atoms with van der Waals surface area (Å²) in [5.41, 5.74) is 6.98. The van der Waals surface area contributed by atoms with Crippen molar-refractivity contribution in [1.29, 1.82) is 0 Å². The van der Waals surface area contributed by atoms with Gasteiger partial charge in [-0.1, -0.05) is 17.8 Å². The zero-order valence-electron chi connectivity index (χ0n) is 7.88. The van der Waals surface area contributed by atoms with Crippen molar-refractivity contribution in [2.24, 2.45) is 0 Å². The number of phenols is 1. The average Bonchev–Trinajstić information content (AvgIpc) is 2.73. The van der Waals surface area contributed by atoms with Gasteiger partial charge in [-0.15, -0.1) is 0 Å². The Hall–Kier alpha value is -1.62. The monoisotopic (exact) mass is 222 g/mol. The Balaban J connectivity index is 2.02. The molecule has 0 spiro atoms. The van der Waals surface area contributed by atoms with E-state index in [-0.39, 0.29) is 5.75 Å². The molecule has 5 heteroatoms.